The third-order valence-electron chi connectivity index (χ3n) is 4.81. The highest BCUT2D eigenvalue weighted by Crippen LogP contribution is 2.17. The summed E-state index contributed by atoms with van der Waals surface area (Å²) in [4.78, 5) is 16.5. The van der Waals surface area contributed by atoms with Crippen molar-refractivity contribution in [3.63, 3.8) is 0 Å². The lowest BCUT2D eigenvalue weighted by Crippen LogP contribution is -2.50. The van der Waals surface area contributed by atoms with E-state index in [0.29, 0.717) is 31.3 Å². The molecule has 0 unspecified atom stereocenters. The Labute approximate surface area is 164 Å². The van der Waals surface area contributed by atoms with Crippen LogP contribution in [0, 0.1) is 0 Å². The fraction of sp³-hybridized carbons (Fsp3) is 0.286. The van der Waals surface area contributed by atoms with E-state index in [1.54, 1.807) is 0 Å². The standard InChI is InChI=1S/C21H23N5O2/c27-21(22-18-9-5-2-6-10-18)26-15-13-25(14-16-26)12-11-19-23-24-20(28-19)17-7-3-1-4-8-17/h1-10H,11-16H2,(H,22,27). The molecule has 1 aliphatic heterocycles. The Morgan fingerprint density at radius 3 is 2.32 bits per heavy atom. The zero-order valence-electron chi connectivity index (χ0n) is 15.6. The lowest BCUT2D eigenvalue weighted by atomic mass is 10.2. The number of benzene rings is 2. The van der Waals surface area contributed by atoms with Crippen molar-refractivity contribution < 1.29 is 9.21 Å². The van der Waals surface area contributed by atoms with Crippen molar-refractivity contribution in [2.24, 2.45) is 0 Å². The van der Waals surface area contributed by atoms with Gasteiger partial charge in [-0.1, -0.05) is 36.4 Å². The highest BCUT2D eigenvalue weighted by molar-refractivity contribution is 5.89. The van der Waals surface area contributed by atoms with Gasteiger partial charge < -0.3 is 14.6 Å². The number of nitrogens with one attached hydrogen (secondary N) is 1. The summed E-state index contributed by atoms with van der Waals surface area (Å²) in [6, 6.07) is 19.3. The van der Waals surface area contributed by atoms with Crippen molar-refractivity contribution in [1.29, 1.82) is 0 Å². The fourth-order valence-electron chi connectivity index (χ4n) is 3.20. The van der Waals surface area contributed by atoms with Crippen molar-refractivity contribution in [1.82, 2.24) is 20.0 Å². The van der Waals surface area contributed by atoms with E-state index in [4.69, 9.17) is 4.42 Å². The van der Waals surface area contributed by atoms with E-state index in [1.807, 2.05) is 65.6 Å². The Morgan fingerprint density at radius 2 is 1.61 bits per heavy atom. The number of rotatable bonds is 5. The number of nitrogens with zero attached hydrogens (tertiary/aromatic N) is 4. The van der Waals surface area contributed by atoms with Crippen LogP contribution >= 0.6 is 0 Å². The maximum atomic E-state index is 12.4. The number of carbonyl (C=O) groups is 1. The van der Waals surface area contributed by atoms with E-state index in [-0.39, 0.29) is 6.03 Å². The summed E-state index contributed by atoms with van der Waals surface area (Å²) >= 11 is 0. The molecule has 0 spiro atoms. The second-order valence-corrected chi connectivity index (χ2v) is 6.74. The third kappa shape index (κ3) is 4.55. The molecule has 7 heteroatoms. The highest BCUT2D eigenvalue weighted by atomic mass is 16.4. The molecule has 7 nitrogen and oxygen atoms in total. The molecular weight excluding hydrogens is 354 g/mol. The number of para-hydroxylation sites is 1. The van der Waals surface area contributed by atoms with Crippen LogP contribution in [0.15, 0.2) is 65.1 Å². The van der Waals surface area contributed by atoms with E-state index >= 15 is 0 Å². The van der Waals surface area contributed by atoms with Crippen LogP contribution in [0.2, 0.25) is 0 Å². The second kappa shape index (κ2) is 8.67. The zero-order valence-corrected chi connectivity index (χ0v) is 15.6. The van der Waals surface area contributed by atoms with Gasteiger partial charge in [-0.15, -0.1) is 10.2 Å². The van der Waals surface area contributed by atoms with Crippen LogP contribution in [0.5, 0.6) is 0 Å². The van der Waals surface area contributed by atoms with Gasteiger partial charge >= 0.3 is 6.03 Å². The van der Waals surface area contributed by atoms with Crippen LogP contribution in [-0.4, -0.2) is 58.8 Å². The molecule has 0 saturated carbocycles. The molecule has 2 amide bonds. The summed E-state index contributed by atoms with van der Waals surface area (Å²) in [7, 11) is 0. The molecule has 144 valence electrons. The molecule has 1 aliphatic rings. The molecule has 3 aromatic rings. The van der Waals surface area contributed by atoms with Gasteiger partial charge in [0, 0.05) is 50.4 Å². The molecule has 0 bridgehead atoms. The first-order chi connectivity index (χ1) is 13.8. The van der Waals surface area contributed by atoms with E-state index in [0.717, 1.165) is 30.9 Å². The van der Waals surface area contributed by atoms with Crippen molar-refractivity contribution in [2.45, 2.75) is 6.42 Å². The molecule has 4 rings (SSSR count). The van der Waals surface area contributed by atoms with Crippen molar-refractivity contribution >= 4 is 11.7 Å². The van der Waals surface area contributed by atoms with Gasteiger partial charge in [-0.2, -0.15) is 0 Å². The van der Waals surface area contributed by atoms with Gasteiger partial charge in [0.05, 0.1) is 0 Å². The van der Waals surface area contributed by atoms with E-state index in [1.165, 1.54) is 0 Å². The largest absolute Gasteiger partial charge is 0.421 e. The monoisotopic (exact) mass is 377 g/mol. The first-order valence-electron chi connectivity index (χ1n) is 9.49. The Hall–Kier alpha value is -3.19. The number of hydrogen-bond donors (Lipinski definition) is 1. The van der Waals surface area contributed by atoms with Crippen LogP contribution < -0.4 is 5.32 Å². The van der Waals surface area contributed by atoms with Crippen LogP contribution in [0.1, 0.15) is 5.89 Å². The van der Waals surface area contributed by atoms with Crippen molar-refractivity contribution in [2.75, 3.05) is 38.0 Å². The minimum Gasteiger partial charge on any atom is -0.421 e. The first kappa shape index (κ1) is 18.2. The van der Waals surface area contributed by atoms with Crippen LogP contribution in [0.3, 0.4) is 0 Å². The van der Waals surface area contributed by atoms with Gasteiger partial charge in [0.15, 0.2) is 0 Å². The van der Waals surface area contributed by atoms with Crippen molar-refractivity contribution in [3.8, 4) is 11.5 Å². The van der Waals surface area contributed by atoms with Gasteiger partial charge in [0.2, 0.25) is 11.8 Å². The van der Waals surface area contributed by atoms with Gasteiger partial charge in [-0.25, -0.2) is 4.79 Å². The third-order valence-corrected chi connectivity index (χ3v) is 4.81. The lowest BCUT2D eigenvalue weighted by molar-refractivity contribution is 0.146. The van der Waals surface area contributed by atoms with E-state index < -0.39 is 0 Å². The summed E-state index contributed by atoms with van der Waals surface area (Å²) in [6.45, 7) is 3.92. The molecule has 0 aliphatic carbocycles. The predicted octanol–water partition coefficient (Wildman–Crippen LogP) is 3.13. The van der Waals surface area contributed by atoms with E-state index in [9.17, 15) is 4.79 Å². The average molecular weight is 377 g/mol. The number of carbonyl (C=O) groups excluding carboxylic acids is 1. The fourth-order valence-corrected chi connectivity index (χ4v) is 3.20. The highest BCUT2D eigenvalue weighted by Gasteiger charge is 2.21. The lowest BCUT2D eigenvalue weighted by Gasteiger charge is -2.34. The molecule has 1 fully saturated rings. The summed E-state index contributed by atoms with van der Waals surface area (Å²) < 4.78 is 5.76. The molecule has 1 aromatic heterocycles. The smallest absolute Gasteiger partial charge is 0.321 e. The normalized spacial score (nSPS) is 14.8. The number of piperazine rings is 1. The van der Waals surface area contributed by atoms with Crippen LogP contribution in [0.25, 0.3) is 11.5 Å². The summed E-state index contributed by atoms with van der Waals surface area (Å²) in [5.41, 5.74) is 1.75. The predicted molar refractivity (Wildman–Crippen MR) is 107 cm³/mol. The second-order valence-electron chi connectivity index (χ2n) is 6.74. The molecular formula is C21H23N5O2. The van der Waals surface area contributed by atoms with Crippen LogP contribution in [-0.2, 0) is 6.42 Å². The maximum Gasteiger partial charge on any atom is 0.321 e. The number of hydrogen-bond acceptors (Lipinski definition) is 5. The summed E-state index contributed by atoms with van der Waals surface area (Å²) in [5.74, 6) is 1.20. The topological polar surface area (TPSA) is 74.5 Å². The SMILES string of the molecule is O=C(Nc1ccccc1)N1CCN(CCc2nnc(-c3ccccc3)o2)CC1. The van der Waals surface area contributed by atoms with Crippen molar-refractivity contribution in [3.05, 3.63) is 66.6 Å². The molecule has 2 heterocycles. The number of urea groups is 1. The maximum absolute atomic E-state index is 12.4. The zero-order chi connectivity index (χ0) is 19.2. The number of aromatic nitrogens is 2. The summed E-state index contributed by atoms with van der Waals surface area (Å²) in [6.07, 6.45) is 0.704. The van der Waals surface area contributed by atoms with Gasteiger partial charge in [0.25, 0.3) is 0 Å². The molecule has 2 aromatic carbocycles. The Morgan fingerprint density at radius 1 is 0.929 bits per heavy atom. The molecule has 0 atom stereocenters. The number of amides is 2. The van der Waals surface area contributed by atoms with Gasteiger partial charge in [0.1, 0.15) is 0 Å². The Bertz CT molecular complexity index is 889. The quantitative estimate of drug-likeness (QED) is 0.739. The Kier molecular flexibility index (Phi) is 5.63. The van der Waals surface area contributed by atoms with Crippen LogP contribution in [0.4, 0.5) is 10.5 Å². The summed E-state index contributed by atoms with van der Waals surface area (Å²) in [5, 5.41) is 11.2. The minimum atomic E-state index is -0.0461. The number of anilines is 1. The molecule has 0 radical (unpaired) electrons. The molecule has 28 heavy (non-hydrogen) atoms. The Balaban J connectivity index is 1.23. The minimum absolute atomic E-state index is 0.0461. The van der Waals surface area contributed by atoms with Gasteiger partial charge in [-0.05, 0) is 24.3 Å². The first-order valence-corrected chi connectivity index (χ1v) is 9.49. The molecule has 1 saturated heterocycles. The molecule has 1 N–H and O–H groups in total. The van der Waals surface area contributed by atoms with Gasteiger partial charge in [-0.3, -0.25) is 4.90 Å². The van der Waals surface area contributed by atoms with E-state index in [2.05, 4.69) is 20.4 Å². The average Bonchev–Trinajstić information content (AvgIpc) is 3.23.